The van der Waals surface area contributed by atoms with Crippen molar-refractivity contribution >= 4 is 27.7 Å². The number of hydrogen-bond donors (Lipinski definition) is 2. The first-order valence-electron chi connectivity index (χ1n) is 3.10. The van der Waals surface area contributed by atoms with Crippen LogP contribution in [0.15, 0.2) is 18.2 Å². The van der Waals surface area contributed by atoms with Crippen molar-refractivity contribution in [2.75, 3.05) is 5.73 Å². The molecule has 0 aromatic heterocycles. The van der Waals surface area contributed by atoms with Crippen LogP contribution in [0.2, 0.25) is 5.02 Å². The summed E-state index contributed by atoms with van der Waals surface area (Å²) in [5, 5.41) is 0.154. The van der Waals surface area contributed by atoms with Crippen LogP contribution in [0.25, 0.3) is 0 Å². The Morgan fingerprint density at radius 1 is 1.46 bits per heavy atom. The highest BCUT2D eigenvalue weighted by molar-refractivity contribution is 7.81. The van der Waals surface area contributed by atoms with E-state index in [1.165, 1.54) is 18.2 Å². The molecule has 0 aliphatic heterocycles. The Labute approximate surface area is 80.0 Å². The average Bonchev–Trinajstić information content (AvgIpc) is 1.94. The van der Waals surface area contributed by atoms with E-state index in [0.29, 0.717) is 5.69 Å². The van der Waals surface area contributed by atoms with E-state index < -0.39 is 10.4 Å². The molecule has 7 heteroatoms. The van der Waals surface area contributed by atoms with Gasteiger partial charge in [-0.25, -0.2) is 0 Å². The predicted molar refractivity (Wildman–Crippen MR) is 48.0 cm³/mol. The summed E-state index contributed by atoms with van der Waals surface area (Å²) in [6, 6.07) is 3.82. The third kappa shape index (κ3) is 3.10. The third-order valence-electron chi connectivity index (χ3n) is 1.17. The van der Waals surface area contributed by atoms with Gasteiger partial charge in [-0.3, -0.25) is 4.55 Å². The van der Waals surface area contributed by atoms with Crippen LogP contribution in [-0.2, 0) is 10.4 Å². The second kappa shape index (κ2) is 3.41. The normalized spacial score (nSPS) is 11.2. The van der Waals surface area contributed by atoms with Crippen molar-refractivity contribution in [1.29, 1.82) is 0 Å². The molecular formula is C6H6ClNO4S. The Bertz CT molecular complexity index is 417. The molecule has 0 unspecified atom stereocenters. The molecule has 1 rings (SSSR count). The summed E-state index contributed by atoms with van der Waals surface area (Å²) in [6.45, 7) is 0. The molecule has 13 heavy (non-hydrogen) atoms. The lowest BCUT2D eigenvalue weighted by atomic mass is 12.2. The van der Waals surface area contributed by atoms with E-state index in [1.54, 1.807) is 0 Å². The Kier molecular flexibility index (Phi) is 2.65. The Balaban J connectivity index is 2.99. The predicted octanol–water partition coefficient (Wildman–Crippen LogP) is 1.10. The van der Waals surface area contributed by atoms with Crippen LogP contribution in [0, 0.1) is 0 Å². The second-order valence-corrected chi connectivity index (χ2v) is 3.62. The fourth-order valence-electron chi connectivity index (χ4n) is 0.681. The molecule has 0 bridgehead atoms. The highest BCUT2D eigenvalue weighted by Crippen LogP contribution is 2.24. The van der Waals surface area contributed by atoms with Crippen molar-refractivity contribution in [1.82, 2.24) is 0 Å². The summed E-state index contributed by atoms with van der Waals surface area (Å²) >= 11 is 5.56. The van der Waals surface area contributed by atoms with Gasteiger partial charge in [0.25, 0.3) is 0 Å². The van der Waals surface area contributed by atoms with Crippen LogP contribution in [0.5, 0.6) is 5.75 Å². The van der Waals surface area contributed by atoms with Gasteiger partial charge < -0.3 is 9.92 Å². The van der Waals surface area contributed by atoms with E-state index in [9.17, 15) is 8.42 Å². The van der Waals surface area contributed by atoms with E-state index in [-0.39, 0.29) is 10.8 Å². The maximum atomic E-state index is 10.3. The summed E-state index contributed by atoms with van der Waals surface area (Å²) in [5.74, 6) is -0.0956. The van der Waals surface area contributed by atoms with Gasteiger partial charge in [0, 0.05) is 6.07 Å². The molecule has 3 N–H and O–H groups in total. The molecule has 0 aliphatic rings. The summed E-state index contributed by atoms with van der Waals surface area (Å²) < 4.78 is 32.9. The minimum Gasteiger partial charge on any atom is -0.398 e. The van der Waals surface area contributed by atoms with Crippen molar-refractivity contribution in [3.8, 4) is 5.75 Å². The summed E-state index contributed by atoms with van der Waals surface area (Å²) in [5.41, 5.74) is 5.65. The number of nitrogen functional groups attached to an aromatic ring is 1. The van der Waals surface area contributed by atoms with Crippen LogP contribution in [0.4, 0.5) is 5.69 Å². The zero-order valence-corrected chi connectivity index (χ0v) is 7.84. The molecule has 0 amide bonds. The van der Waals surface area contributed by atoms with Gasteiger partial charge in [0.05, 0.1) is 10.7 Å². The van der Waals surface area contributed by atoms with Gasteiger partial charge in [-0.05, 0) is 12.1 Å². The van der Waals surface area contributed by atoms with E-state index in [4.69, 9.17) is 21.9 Å². The number of halogens is 1. The SMILES string of the molecule is N[14c]1[14cH][14cH][14c](OS(=O)(=O)O)[14cH][14c]1Cl. The lowest BCUT2D eigenvalue weighted by Crippen LogP contribution is -2.06. The molecule has 0 aliphatic carbocycles. The zero-order chi connectivity index (χ0) is 10.1. The minimum atomic E-state index is -4.51. The molecule has 1 aromatic rings. The monoisotopic (exact) mass is 235 g/mol. The second-order valence-electron chi connectivity index (χ2n) is 2.19. The zero-order valence-electron chi connectivity index (χ0n) is 6.27. The summed E-state index contributed by atoms with van der Waals surface area (Å²) in [7, 11) is -4.51. The molecule has 72 valence electrons. The largest absolute Gasteiger partial charge is 0.446 e. The fourth-order valence-corrected chi connectivity index (χ4v) is 1.20. The molecule has 1 aromatic carbocycles. The number of anilines is 1. The lowest BCUT2D eigenvalue weighted by Gasteiger charge is -2.02. The van der Waals surface area contributed by atoms with Crippen LogP contribution in [0.1, 0.15) is 0 Å². The van der Waals surface area contributed by atoms with Crippen LogP contribution in [0.3, 0.4) is 0 Å². The van der Waals surface area contributed by atoms with Crippen LogP contribution < -0.4 is 9.92 Å². The first-order chi connectivity index (χ1) is 5.88. The number of hydrogen-bond acceptors (Lipinski definition) is 4. The number of rotatable bonds is 2. The van der Waals surface area contributed by atoms with E-state index in [2.05, 4.69) is 4.18 Å². The van der Waals surface area contributed by atoms with Gasteiger partial charge in [-0.15, -0.1) is 0 Å². The molecule has 5 nitrogen and oxygen atoms in total. The average molecular weight is 236 g/mol. The van der Waals surface area contributed by atoms with E-state index >= 15 is 0 Å². The molecule has 0 fully saturated rings. The summed E-state index contributed by atoms with van der Waals surface area (Å²) in [4.78, 5) is 0. The van der Waals surface area contributed by atoms with E-state index in [0.717, 1.165) is 0 Å². The van der Waals surface area contributed by atoms with Crippen molar-refractivity contribution in [2.45, 2.75) is 0 Å². The van der Waals surface area contributed by atoms with Crippen LogP contribution >= 0.6 is 11.6 Å². The van der Waals surface area contributed by atoms with Crippen LogP contribution in [-0.4, -0.2) is 13.0 Å². The fraction of sp³-hybridized carbons (Fsp3) is 0. The van der Waals surface area contributed by atoms with Gasteiger partial charge in [-0.1, -0.05) is 11.6 Å². The van der Waals surface area contributed by atoms with Crippen molar-refractivity contribution in [3.05, 3.63) is 23.2 Å². The highest BCUT2D eigenvalue weighted by Gasteiger charge is 2.07. The smallest absolute Gasteiger partial charge is 0.398 e. The Morgan fingerprint density at radius 2 is 2.08 bits per heavy atom. The lowest BCUT2D eigenvalue weighted by molar-refractivity contribution is 0.387. The first-order valence-corrected chi connectivity index (χ1v) is 4.85. The standard InChI is InChI=1S/C6H6ClNO4S/c7-5-3-4(1-2-6(5)8)12-13(9,10)11/h1-3H,8H2,(H,9,10,11)/i1+2,2+2,3+2,4+2,5+2,6+2. The van der Waals surface area contributed by atoms with Gasteiger partial charge in [0.1, 0.15) is 5.75 Å². The molecule has 0 saturated carbocycles. The quantitative estimate of drug-likeness (QED) is 0.592. The molecule has 0 atom stereocenters. The van der Waals surface area contributed by atoms with Gasteiger partial charge >= 0.3 is 10.4 Å². The first kappa shape index (κ1) is 10.1. The van der Waals surface area contributed by atoms with Crippen molar-refractivity contribution < 1.29 is 17.2 Å². The topological polar surface area (TPSA) is 89.6 Å². The molecular weight excluding hydrogens is 230 g/mol. The maximum absolute atomic E-state index is 10.3. The molecule has 0 saturated heterocycles. The van der Waals surface area contributed by atoms with E-state index in [1.807, 2.05) is 0 Å². The van der Waals surface area contributed by atoms with Gasteiger partial charge in [0.15, 0.2) is 0 Å². The summed E-state index contributed by atoms with van der Waals surface area (Å²) in [6.07, 6.45) is 0. The van der Waals surface area contributed by atoms with Gasteiger partial charge in [0.2, 0.25) is 0 Å². The Morgan fingerprint density at radius 3 is 2.54 bits per heavy atom. The van der Waals surface area contributed by atoms with Crippen molar-refractivity contribution in [2.24, 2.45) is 0 Å². The Hall–Kier alpha value is -0.980. The van der Waals surface area contributed by atoms with Crippen molar-refractivity contribution in [3.63, 3.8) is 0 Å². The van der Waals surface area contributed by atoms with Gasteiger partial charge in [-0.2, -0.15) is 8.42 Å². The number of nitrogens with two attached hydrogens (primary N) is 1. The third-order valence-corrected chi connectivity index (χ3v) is 1.90. The molecule has 0 spiro atoms. The molecule has 0 radical (unpaired) electrons. The highest BCUT2D eigenvalue weighted by atomic mass is 35.5. The number of benzene rings is 1. The minimum absolute atomic E-state index is 0.0956. The molecule has 0 heterocycles. The maximum Gasteiger partial charge on any atom is 0.446 e.